The summed E-state index contributed by atoms with van der Waals surface area (Å²) in [6, 6.07) is 14.9. The molecule has 10 heteroatoms. The minimum absolute atomic E-state index is 0.237. The van der Waals surface area contributed by atoms with Crippen LogP contribution in [0.3, 0.4) is 0 Å². The topological polar surface area (TPSA) is 105 Å². The minimum atomic E-state index is -5.16. The molecule has 0 spiro atoms. The minimum Gasteiger partial charge on any atom is -0.472 e. The zero-order valence-corrected chi connectivity index (χ0v) is 17.3. The van der Waals surface area contributed by atoms with Gasteiger partial charge in [-0.2, -0.15) is 13.2 Å². The molecule has 0 saturated heterocycles. The van der Waals surface area contributed by atoms with Crippen LogP contribution in [0.4, 0.5) is 18.0 Å². The molecule has 1 unspecified atom stereocenters. The van der Waals surface area contributed by atoms with Gasteiger partial charge >= 0.3 is 18.2 Å². The van der Waals surface area contributed by atoms with Gasteiger partial charge in [0.15, 0.2) is 0 Å². The third-order valence-corrected chi connectivity index (χ3v) is 5.25. The molecule has 3 N–H and O–H groups in total. The first-order valence-corrected chi connectivity index (χ1v) is 9.74. The second-order valence-corrected chi connectivity index (χ2v) is 7.36. The molecule has 2 aromatic rings. The van der Waals surface area contributed by atoms with Crippen LogP contribution in [0.5, 0.6) is 0 Å². The summed E-state index contributed by atoms with van der Waals surface area (Å²) in [5.74, 6) is 0.156. The molecule has 0 radical (unpaired) electrons. The van der Waals surface area contributed by atoms with E-state index in [4.69, 9.17) is 9.84 Å². The number of benzene rings is 2. The van der Waals surface area contributed by atoms with Crippen molar-refractivity contribution in [3.05, 3.63) is 59.7 Å². The maximum absolute atomic E-state index is 13.6. The Bertz CT molecular complexity index is 1110. The number of nitrogens with one attached hydrogen (secondary N) is 2. The monoisotopic (exact) mass is 460 g/mol. The van der Waals surface area contributed by atoms with Crippen molar-refractivity contribution < 1.29 is 37.4 Å². The third kappa shape index (κ3) is 4.92. The van der Waals surface area contributed by atoms with E-state index in [0.29, 0.717) is 6.92 Å². The second-order valence-electron chi connectivity index (χ2n) is 7.36. The van der Waals surface area contributed by atoms with Crippen LogP contribution in [0.15, 0.2) is 48.5 Å². The normalized spacial score (nSPS) is 14.1. The van der Waals surface area contributed by atoms with Crippen LogP contribution in [-0.4, -0.2) is 47.9 Å². The number of aliphatic carboxylic acids is 1. The highest BCUT2D eigenvalue weighted by Crippen LogP contribution is 2.44. The zero-order chi connectivity index (χ0) is 24.2. The van der Waals surface area contributed by atoms with Gasteiger partial charge in [0.1, 0.15) is 6.61 Å². The van der Waals surface area contributed by atoms with E-state index < -0.39 is 36.2 Å². The summed E-state index contributed by atoms with van der Waals surface area (Å²) in [5.41, 5.74) is 0.327. The van der Waals surface area contributed by atoms with Gasteiger partial charge in [0.25, 0.3) is 5.91 Å². The van der Waals surface area contributed by atoms with Crippen molar-refractivity contribution in [2.45, 2.75) is 24.6 Å². The second kappa shape index (κ2) is 9.24. The molecule has 0 fully saturated rings. The van der Waals surface area contributed by atoms with Crippen LogP contribution in [0, 0.1) is 11.8 Å². The highest BCUT2D eigenvalue weighted by atomic mass is 19.4. The maximum atomic E-state index is 13.6. The van der Waals surface area contributed by atoms with Gasteiger partial charge in [-0.1, -0.05) is 54.5 Å². The molecule has 1 atom stereocenters. The van der Waals surface area contributed by atoms with Gasteiger partial charge in [-0.3, -0.25) is 10.1 Å². The number of alkyl carbamates (subject to hydrolysis) is 1. The smallest absolute Gasteiger partial charge is 0.420 e. The summed E-state index contributed by atoms with van der Waals surface area (Å²) in [7, 11) is 0. The molecular formula is C23H19F3N2O5. The SMILES string of the molecule is CC(NC(=O)OCC1c2ccccc2-c2ccccc21)(C(=O)NCC#CC(=O)O)C(F)(F)F. The number of ether oxygens (including phenoxy) is 1. The quantitative estimate of drug-likeness (QED) is 0.595. The number of carbonyl (C=O) groups excluding carboxylic acids is 2. The summed E-state index contributed by atoms with van der Waals surface area (Å²) in [4.78, 5) is 34.8. The molecular weight excluding hydrogens is 441 g/mol. The summed E-state index contributed by atoms with van der Waals surface area (Å²) < 4.78 is 46.0. The summed E-state index contributed by atoms with van der Waals surface area (Å²) in [5, 5.41) is 11.9. The van der Waals surface area contributed by atoms with Crippen molar-refractivity contribution in [2.75, 3.05) is 13.2 Å². The molecule has 2 amide bonds. The Morgan fingerprint density at radius 1 is 1.03 bits per heavy atom. The molecule has 172 valence electrons. The van der Waals surface area contributed by atoms with Gasteiger partial charge in [0, 0.05) is 11.8 Å². The fourth-order valence-corrected chi connectivity index (χ4v) is 3.52. The molecule has 1 aliphatic carbocycles. The number of alkyl halides is 3. The lowest BCUT2D eigenvalue weighted by atomic mass is 9.98. The van der Waals surface area contributed by atoms with E-state index in [0.717, 1.165) is 22.3 Å². The Morgan fingerprint density at radius 3 is 2.09 bits per heavy atom. The zero-order valence-electron chi connectivity index (χ0n) is 17.3. The Kier molecular flexibility index (Phi) is 6.62. The van der Waals surface area contributed by atoms with Gasteiger partial charge < -0.3 is 15.2 Å². The van der Waals surface area contributed by atoms with Crippen molar-refractivity contribution in [1.29, 1.82) is 0 Å². The first-order valence-electron chi connectivity index (χ1n) is 9.74. The lowest BCUT2D eigenvalue weighted by Gasteiger charge is -2.31. The molecule has 2 aromatic carbocycles. The van der Waals surface area contributed by atoms with E-state index in [2.05, 4.69) is 0 Å². The highest BCUT2D eigenvalue weighted by Gasteiger charge is 2.58. The predicted octanol–water partition coefficient (Wildman–Crippen LogP) is 3.05. The van der Waals surface area contributed by atoms with Gasteiger partial charge in [-0.25, -0.2) is 9.59 Å². The number of hydrogen-bond donors (Lipinski definition) is 3. The number of amides is 2. The van der Waals surface area contributed by atoms with Crippen molar-refractivity contribution >= 4 is 18.0 Å². The summed E-state index contributed by atoms with van der Waals surface area (Å²) in [6.07, 6.45) is -6.59. The van der Waals surface area contributed by atoms with Crippen LogP contribution < -0.4 is 10.6 Å². The van der Waals surface area contributed by atoms with Gasteiger partial charge in [0.2, 0.25) is 5.54 Å². The molecule has 0 bridgehead atoms. The van der Waals surface area contributed by atoms with E-state index in [9.17, 15) is 27.6 Å². The van der Waals surface area contributed by atoms with Crippen LogP contribution in [0.1, 0.15) is 24.0 Å². The predicted molar refractivity (Wildman–Crippen MR) is 111 cm³/mol. The number of halogens is 3. The number of carbonyl (C=O) groups is 3. The molecule has 3 rings (SSSR count). The van der Waals surface area contributed by atoms with E-state index in [1.165, 1.54) is 0 Å². The van der Waals surface area contributed by atoms with Crippen molar-refractivity contribution in [3.8, 4) is 23.0 Å². The highest BCUT2D eigenvalue weighted by molar-refractivity contribution is 5.91. The van der Waals surface area contributed by atoms with Crippen molar-refractivity contribution in [3.63, 3.8) is 0 Å². The molecule has 0 saturated carbocycles. The Morgan fingerprint density at radius 2 is 1.58 bits per heavy atom. The Labute approximate surface area is 186 Å². The number of hydrogen-bond acceptors (Lipinski definition) is 4. The average Bonchev–Trinajstić information content (AvgIpc) is 3.08. The largest absolute Gasteiger partial charge is 0.472 e. The fraction of sp³-hybridized carbons (Fsp3) is 0.261. The molecule has 0 aliphatic heterocycles. The molecule has 0 heterocycles. The van der Waals surface area contributed by atoms with E-state index in [1.807, 2.05) is 59.8 Å². The van der Waals surface area contributed by atoms with Crippen LogP contribution >= 0.6 is 0 Å². The standard InChI is InChI=1S/C23H19F3N2O5/c1-22(23(24,25)26,20(31)27-12-6-11-19(29)30)28-21(32)33-13-18-16-9-4-2-7-14(16)15-8-3-5-10-17(15)18/h2-5,7-10,18H,12-13H2,1H3,(H,27,31)(H,28,32)(H,29,30). The fourth-order valence-electron chi connectivity index (χ4n) is 3.52. The number of fused-ring (bicyclic) bond motifs is 3. The summed E-state index contributed by atoms with van der Waals surface area (Å²) >= 11 is 0. The first kappa shape index (κ1) is 23.7. The van der Waals surface area contributed by atoms with Crippen molar-refractivity contribution in [2.24, 2.45) is 0 Å². The summed E-state index contributed by atoms with van der Waals surface area (Å²) in [6.45, 7) is -0.406. The number of carboxylic acid groups (broad SMARTS) is 1. The van der Waals surface area contributed by atoms with Crippen LogP contribution in [0.2, 0.25) is 0 Å². The third-order valence-electron chi connectivity index (χ3n) is 5.25. The molecule has 1 aliphatic rings. The Hall–Kier alpha value is -4.00. The molecule has 33 heavy (non-hydrogen) atoms. The molecule has 0 aromatic heterocycles. The number of rotatable bonds is 5. The van der Waals surface area contributed by atoms with Crippen LogP contribution in [-0.2, 0) is 14.3 Å². The Balaban J connectivity index is 1.71. The average molecular weight is 460 g/mol. The lowest BCUT2D eigenvalue weighted by molar-refractivity contribution is -0.194. The lowest BCUT2D eigenvalue weighted by Crippen LogP contribution is -2.65. The van der Waals surface area contributed by atoms with E-state index >= 15 is 0 Å². The van der Waals surface area contributed by atoms with Crippen molar-refractivity contribution in [1.82, 2.24) is 10.6 Å². The first-order chi connectivity index (χ1) is 15.5. The van der Waals surface area contributed by atoms with Crippen LogP contribution in [0.25, 0.3) is 11.1 Å². The van der Waals surface area contributed by atoms with E-state index in [-0.39, 0.29) is 12.5 Å². The molecule has 7 nitrogen and oxygen atoms in total. The number of carboxylic acids is 1. The van der Waals surface area contributed by atoms with Gasteiger partial charge in [0.05, 0.1) is 6.54 Å². The van der Waals surface area contributed by atoms with E-state index in [1.54, 1.807) is 11.2 Å². The maximum Gasteiger partial charge on any atom is 0.420 e. The van der Waals surface area contributed by atoms with Gasteiger partial charge in [-0.15, -0.1) is 0 Å². The van der Waals surface area contributed by atoms with Gasteiger partial charge in [-0.05, 0) is 29.2 Å².